The molecule has 0 spiro atoms. The highest BCUT2D eigenvalue weighted by Gasteiger charge is 2.21. The van der Waals surface area contributed by atoms with Gasteiger partial charge in [0.1, 0.15) is 6.61 Å². The smallest absolute Gasteiger partial charge is 0.156 e. The van der Waals surface area contributed by atoms with Crippen molar-refractivity contribution in [2.24, 2.45) is 11.7 Å². The van der Waals surface area contributed by atoms with Crippen LogP contribution in [-0.2, 0) is 0 Å². The molecular formula is C17H22ClN3O. The van der Waals surface area contributed by atoms with Crippen LogP contribution < -0.4 is 10.5 Å². The molecule has 0 radical (unpaired) electrons. The van der Waals surface area contributed by atoms with Crippen molar-refractivity contribution in [2.45, 2.75) is 32.7 Å². The highest BCUT2D eigenvalue weighted by molar-refractivity contribution is 6.32. The second-order valence-corrected chi connectivity index (χ2v) is 6.68. The minimum atomic E-state index is -0.388. The molecule has 0 aliphatic carbocycles. The average Bonchev–Trinajstić information content (AvgIpc) is 2.45. The number of nitrogens with two attached hydrogens (primary N) is 1. The van der Waals surface area contributed by atoms with E-state index >= 15 is 0 Å². The Morgan fingerprint density at radius 2 is 2.00 bits per heavy atom. The third-order valence-electron chi connectivity index (χ3n) is 3.23. The van der Waals surface area contributed by atoms with Crippen molar-refractivity contribution >= 4 is 11.6 Å². The monoisotopic (exact) mass is 319 g/mol. The van der Waals surface area contributed by atoms with Gasteiger partial charge in [0, 0.05) is 23.5 Å². The molecule has 2 heterocycles. The summed E-state index contributed by atoms with van der Waals surface area (Å²) in [5.74, 6) is 1.07. The van der Waals surface area contributed by atoms with Crippen molar-refractivity contribution in [1.29, 1.82) is 0 Å². The van der Waals surface area contributed by atoms with E-state index in [4.69, 9.17) is 22.1 Å². The lowest BCUT2D eigenvalue weighted by molar-refractivity contribution is 0.206. The predicted molar refractivity (Wildman–Crippen MR) is 90.0 cm³/mol. The van der Waals surface area contributed by atoms with Gasteiger partial charge in [-0.05, 0) is 37.5 Å². The minimum absolute atomic E-state index is 0.388. The average molecular weight is 320 g/mol. The highest BCUT2D eigenvalue weighted by Crippen LogP contribution is 2.28. The first kappa shape index (κ1) is 16.7. The van der Waals surface area contributed by atoms with Gasteiger partial charge in [-0.1, -0.05) is 25.4 Å². The van der Waals surface area contributed by atoms with Gasteiger partial charge in [-0.25, -0.2) is 0 Å². The fourth-order valence-corrected chi connectivity index (χ4v) is 2.65. The van der Waals surface area contributed by atoms with Crippen molar-refractivity contribution in [2.75, 3.05) is 6.61 Å². The minimum Gasteiger partial charge on any atom is -0.488 e. The summed E-state index contributed by atoms with van der Waals surface area (Å²) in [5.41, 5.74) is 7.61. The summed E-state index contributed by atoms with van der Waals surface area (Å²) in [6, 6.07) is 5.57. The van der Waals surface area contributed by atoms with E-state index in [2.05, 4.69) is 23.8 Å². The molecule has 0 unspecified atom stereocenters. The highest BCUT2D eigenvalue weighted by atomic mass is 35.5. The Balaban J connectivity index is 2.08. The molecule has 2 aromatic rings. The lowest BCUT2D eigenvalue weighted by atomic mass is 9.93. The molecule has 0 fully saturated rings. The van der Waals surface area contributed by atoms with Crippen molar-refractivity contribution in [1.82, 2.24) is 9.97 Å². The third-order valence-corrected chi connectivity index (χ3v) is 3.52. The van der Waals surface area contributed by atoms with Crippen LogP contribution >= 0.6 is 11.6 Å². The van der Waals surface area contributed by atoms with E-state index in [0.717, 1.165) is 17.7 Å². The van der Waals surface area contributed by atoms with Gasteiger partial charge in [0.05, 0.1) is 16.9 Å². The molecule has 0 amide bonds. The maximum atomic E-state index is 6.29. The normalized spacial score (nSPS) is 13.9. The largest absolute Gasteiger partial charge is 0.488 e. The maximum absolute atomic E-state index is 6.29. The molecule has 1 atom stereocenters. The fourth-order valence-electron chi connectivity index (χ4n) is 2.44. The van der Waals surface area contributed by atoms with E-state index in [9.17, 15) is 0 Å². The van der Waals surface area contributed by atoms with Crippen LogP contribution in [0.1, 0.15) is 27.2 Å². The molecular weight excluding hydrogens is 298 g/mol. The van der Waals surface area contributed by atoms with E-state index < -0.39 is 0 Å². The Hall–Kier alpha value is -1.65. The molecule has 2 aromatic heterocycles. The number of pyridine rings is 2. The Bertz CT molecular complexity index is 615. The zero-order valence-corrected chi connectivity index (χ0v) is 14.0. The first-order chi connectivity index (χ1) is 10.4. The van der Waals surface area contributed by atoms with Gasteiger partial charge in [-0.2, -0.15) is 0 Å². The van der Waals surface area contributed by atoms with E-state index in [0.29, 0.717) is 23.3 Å². The van der Waals surface area contributed by atoms with Crippen LogP contribution in [0.4, 0.5) is 0 Å². The second-order valence-electron chi connectivity index (χ2n) is 6.28. The molecule has 5 heteroatoms. The van der Waals surface area contributed by atoms with Crippen LogP contribution in [0.5, 0.6) is 5.75 Å². The number of halogens is 1. The molecule has 0 saturated carbocycles. The van der Waals surface area contributed by atoms with Crippen molar-refractivity contribution in [3.8, 4) is 17.0 Å². The standard InChI is InChI=1S/C17H22ClN3O/c1-12(2)9-17(3,19)11-22-16-10-21-15(8-14(16)18)13-4-6-20-7-5-13/h4-8,10,12H,9,11,19H2,1-3H3/t17-/m0/s1. The topological polar surface area (TPSA) is 61.0 Å². The summed E-state index contributed by atoms with van der Waals surface area (Å²) in [6.07, 6.45) is 5.97. The Kier molecular flexibility index (Phi) is 5.37. The van der Waals surface area contributed by atoms with Crippen LogP contribution in [-0.4, -0.2) is 22.1 Å². The summed E-state index contributed by atoms with van der Waals surface area (Å²) in [5, 5.41) is 0.530. The molecule has 2 N–H and O–H groups in total. The molecule has 0 aliphatic heterocycles. The number of aromatic nitrogens is 2. The molecule has 4 nitrogen and oxygen atoms in total. The Morgan fingerprint density at radius 1 is 1.32 bits per heavy atom. The SMILES string of the molecule is CC(C)C[C@](C)(N)COc1cnc(-c2ccncc2)cc1Cl. The van der Waals surface area contributed by atoms with E-state index in [-0.39, 0.29) is 5.54 Å². The van der Waals surface area contributed by atoms with Crippen LogP contribution in [0, 0.1) is 5.92 Å². The van der Waals surface area contributed by atoms with Gasteiger partial charge in [-0.3, -0.25) is 9.97 Å². The van der Waals surface area contributed by atoms with Crippen LogP contribution in [0.3, 0.4) is 0 Å². The molecule has 0 aromatic carbocycles. The van der Waals surface area contributed by atoms with Gasteiger partial charge in [0.2, 0.25) is 0 Å². The van der Waals surface area contributed by atoms with Gasteiger partial charge >= 0.3 is 0 Å². The zero-order valence-electron chi connectivity index (χ0n) is 13.2. The van der Waals surface area contributed by atoms with E-state index in [1.807, 2.05) is 19.1 Å². The first-order valence-electron chi connectivity index (χ1n) is 7.35. The van der Waals surface area contributed by atoms with Crippen molar-refractivity contribution in [3.05, 3.63) is 41.8 Å². The van der Waals surface area contributed by atoms with Crippen molar-refractivity contribution < 1.29 is 4.74 Å². The van der Waals surface area contributed by atoms with E-state index in [1.165, 1.54) is 0 Å². The fraction of sp³-hybridized carbons (Fsp3) is 0.412. The molecule has 0 aliphatic rings. The summed E-state index contributed by atoms with van der Waals surface area (Å²) in [4.78, 5) is 8.38. The number of hydrogen-bond donors (Lipinski definition) is 1. The molecule has 118 valence electrons. The third kappa shape index (κ3) is 4.68. The van der Waals surface area contributed by atoms with Gasteiger partial charge in [-0.15, -0.1) is 0 Å². The number of ether oxygens (including phenoxy) is 1. The summed E-state index contributed by atoms with van der Waals surface area (Å²) in [7, 11) is 0. The summed E-state index contributed by atoms with van der Waals surface area (Å²) >= 11 is 6.29. The van der Waals surface area contributed by atoms with Crippen LogP contribution in [0.2, 0.25) is 5.02 Å². The predicted octanol–water partition coefficient (Wildman–Crippen LogP) is 3.94. The quantitative estimate of drug-likeness (QED) is 0.876. The maximum Gasteiger partial charge on any atom is 0.156 e. The lowest BCUT2D eigenvalue weighted by Crippen LogP contribution is -2.43. The molecule has 22 heavy (non-hydrogen) atoms. The van der Waals surface area contributed by atoms with Gasteiger partial charge in [0.15, 0.2) is 5.75 Å². The Morgan fingerprint density at radius 3 is 2.59 bits per heavy atom. The second kappa shape index (κ2) is 7.07. The number of nitrogens with zero attached hydrogens (tertiary/aromatic N) is 2. The van der Waals surface area contributed by atoms with E-state index in [1.54, 1.807) is 24.7 Å². The molecule has 0 saturated heterocycles. The summed E-state index contributed by atoms with van der Waals surface area (Å²) < 4.78 is 5.76. The van der Waals surface area contributed by atoms with Gasteiger partial charge < -0.3 is 10.5 Å². The zero-order chi connectivity index (χ0) is 16.2. The lowest BCUT2D eigenvalue weighted by Gasteiger charge is -2.26. The van der Waals surface area contributed by atoms with Crippen LogP contribution in [0.25, 0.3) is 11.3 Å². The number of rotatable bonds is 6. The summed E-state index contributed by atoms with van der Waals surface area (Å²) in [6.45, 7) is 6.67. The Labute approximate surface area is 136 Å². The van der Waals surface area contributed by atoms with Crippen molar-refractivity contribution in [3.63, 3.8) is 0 Å². The number of hydrogen-bond acceptors (Lipinski definition) is 4. The first-order valence-corrected chi connectivity index (χ1v) is 7.73. The van der Waals surface area contributed by atoms with Crippen LogP contribution in [0.15, 0.2) is 36.8 Å². The van der Waals surface area contributed by atoms with Gasteiger partial charge in [0.25, 0.3) is 0 Å². The molecule has 2 rings (SSSR count). The molecule has 0 bridgehead atoms.